The molecule has 4 aromatic rings. The van der Waals surface area contributed by atoms with Gasteiger partial charge in [-0.15, -0.1) is 35.0 Å². The maximum absolute atomic E-state index is 8.56. The van der Waals surface area contributed by atoms with Crippen molar-refractivity contribution in [3.63, 3.8) is 0 Å². The Balaban J connectivity index is 0.000000373. The molecular weight excluding hydrogens is 494 g/mol. The average molecular weight is 523 g/mol. The zero-order valence-corrected chi connectivity index (χ0v) is 20.4. The predicted octanol–water partition coefficient (Wildman–Crippen LogP) is 4.27. The Morgan fingerprint density at radius 3 is 1.71 bits per heavy atom. The Hall–Kier alpha value is -1.85. The van der Waals surface area contributed by atoms with Gasteiger partial charge in [0.05, 0.1) is 30.7 Å². The van der Waals surface area contributed by atoms with E-state index in [2.05, 4.69) is 97.1 Å². The molecule has 0 aliphatic heterocycles. The number of hydrogen-bond donors (Lipinski definition) is 2. The quantitative estimate of drug-likeness (QED) is 0.234. The zero-order chi connectivity index (χ0) is 21.3. The van der Waals surface area contributed by atoms with Gasteiger partial charge in [-0.25, -0.2) is 0 Å². The fourth-order valence-electron chi connectivity index (χ4n) is 3.54. The summed E-state index contributed by atoms with van der Waals surface area (Å²) in [5, 5.41) is 23.9. The van der Waals surface area contributed by atoms with Crippen LogP contribution in [0.1, 0.15) is 20.3 Å². The Bertz CT molecular complexity index is 986. The zero-order valence-electron chi connectivity index (χ0n) is 17.8. The monoisotopic (exact) mass is 522 g/mol. The van der Waals surface area contributed by atoms with Crippen molar-refractivity contribution in [3.05, 3.63) is 103 Å². The SMILES string of the molecule is CC(O)CC(C)O.[Pd].[c-]1cccc2cccc([PH+](c3ccccc3)c3ccccc3)c12. The summed E-state index contributed by atoms with van der Waals surface area (Å²) in [4.78, 5) is 0. The molecule has 0 aromatic heterocycles. The standard InChI is InChI=1S/C22H16P.C5H12O2.Pd/c1-3-12-19(13-4-1)23(20-14-5-2-6-15-20)22-17-9-11-18-10-7-8-16-21(18)22;1-4(6)3-5(2)7;/h1-15,17H;4-7H,3H2,1-2H3;/q-1;;/p+1. The molecule has 0 heterocycles. The van der Waals surface area contributed by atoms with Crippen LogP contribution in [-0.4, -0.2) is 22.4 Å². The van der Waals surface area contributed by atoms with E-state index in [1.807, 2.05) is 6.07 Å². The molecule has 2 atom stereocenters. The molecule has 0 spiro atoms. The third kappa shape index (κ3) is 7.36. The van der Waals surface area contributed by atoms with Gasteiger partial charge < -0.3 is 10.2 Å². The summed E-state index contributed by atoms with van der Waals surface area (Å²) in [6.45, 7) is 3.32. The van der Waals surface area contributed by atoms with E-state index < -0.39 is 7.92 Å². The number of hydrogen-bond acceptors (Lipinski definition) is 2. The van der Waals surface area contributed by atoms with Crippen LogP contribution < -0.4 is 15.9 Å². The number of aliphatic hydroxyl groups excluding tert-OH is 2. The summed E-state index contributed by atoms with van der Waals surface area (Å²) < 4.78 is 0. The van der Waals surface area contributed by atoms with E-state index in [9.17, 15) is 0 Å². The molecule has 0 saturated carbocycles. The van der Waals surface area contributed by atoms with Crippen LogP contribution in [0.4, 0.5) is 0 Å². The van der Waals surface area contributed by atoms with E-state index in [1.54, 1.807) is 13.8 Å². The molecule has 0 fully saturated rings. The van der Waals surface area contributed by atoms with Crippen molar-refractivity contribution in [1.82, 2.24) is 0 Å². The van der Waals surface area contributed by atoms with Crippen LogP contribution >= 0.6 is 7.92 Å². The van der Waals surface area contributed by atoms with Crippen LogP contribution in [0.5, 0.6) is 0 Å². The molecule has 4 rings (SSSR count). The Morgan fingerprint density at radius 2 is 1.23 bits per heavy atom. The molecule has 0 saturated heterocycles. The summed E-state index contributed by atoms with van der Waals surface area (Å²) >= 11 is 0. The fraction of sp³-hybridized carbons (Fsp3) is 0.185. The van der Waals surface area contributed by atoms with Crippen LogP contribution in [0.15, 0.2) is 97.1 Å². The molecule has 0 amide bonds. The second-order valence-corrected chi connectivity index (χ2v) is 9.92. The predicted molar refractivity (Wildman–Crippen MR) is 131 cm³/mol. The Morgan fingerprint density at radius 1 is 0.710 bits per heavy atom. The minimum Gasteiger partial charge on any atom is -0.393 e. The molecule has 4 aromatic carbocycles. The van der Waals surface area contributed by atoms with Gasteiger partial charge in [0.1, 0.15) is 0 Å². The molecule has 0 aliphatic carbocycles. The van der Waals surface area contributed by atoms with Gasteiger partial charge in [0.15, 0.2) is 0 Å². The molecule has 2 unspecified atom stereocenters. The minimum absolute atomic E-state index is 0. The van der Waals surface area contributed by atoms with Gasteiger partial charge >= 0.3 is 0 Å². The smallest absolute Gasteiger partial charge is 0.0935 e. The van der Waals surface area contributed by atoms with Crippen LogP contribution in [0.3, 0.4) is 0 Å². The Kier molecular flexibility index (Phi) is 10.6. The molecular formula is C27H29O2PPd. The van der Waals surface area contributed by atoms with Gasteiger partial charge in [0.2, 0.25) is 0 Å². The van der Waals surface area contributed by atoms with Gasteiger partial charge in [0, 0.05) is 25.7 Å². The first-order valence-electron chi connectivity index (χ1n) is 10.3. The molecule has 164 valence electrons. The average Bonchev–Trinajstić information content (AvgIpc) is 2.75. The normalized spacial score (nSPS) is 12.4. The molecule has 0 aliphatic rings. The van der Waals surface area contributed by atoms with E-state index in [-0.39, 0.29) is 32.6 Å². The first-order chi connectivity index (χ1) is 14.6. The van der Waals surface area contributed by atoms with Gasteiger partial charge in [-0.3, -0.25) is 0 Å². The van der Waals surface area contributed by atoms with Crippen LogP contribution in [0.25, 0.3) is 10.8 Å². The van der Waals surface area contributed by atoms with Gasteiger partial charge in [-0.2, -0.15) is 0 Å². The first kappa shape index (κ1) is 25.4. The maximum atomic E-state index is 8.56. The number of fused-ring (bicyclic) bond motifs is 1. The van der Waals surface area contributed by atoms with E-state index in [0.717, 1.165) is 0 Å². The van der Waals surface area contributed by atoms with Crippen molar-refractivity contribution in [3.8, 4) is 0 Å². The molecule has 2 nitrogen and oxygen atoms in total. The van der Waals surface area contributed by atoms with E-state index in [4.69, 9.17) is 10.2 Å². The van der Waals surface area contributed by atoms with Crippen molar-refractivity contribution < 1.29 is 30.6 Å². The van der Waals surface area contributed by atoms with Crippen molar-refractivity contribution in [2.75, 3.05) is 0 Å². The molecule has 0 bridgehead atoms. The van der Waals surface area contributed by atoms with Crippen molar-refractivity contribution in [2.45, 2.75) is 32.5 Å². The van der Waals surface area contributed by atoms with Crippen molar-refractivity contribution in [2.24, 2.45) is 0 Å². The third-order valence-corrected chi connectivity index (χ3v) is 7.55. The second kappa shape index (κ2) is 12.9. The number of rotatable bonds is 5. The molecule has 31 heavy (non-hydrogen) atoms. The summed E-state index contributed by atoms with van der Waals surface area (Å²) in [6.07, 6.45) is -0.278. The minimum atomic E-state index is -1.03. The first-order valence-corrected chi connectivity index (χ1v) is 11.8. The summed E-state index contributed by atoms with van der Waals surface area (Å²) in [7, 11) is -1.03. The van der Waals surface area contributed by atoms with Crippen molar-refractivity contribution in [1.29, 1.82) is 0 Å². The summed E-state index contributed by atoms with van der Waals surface area (Å²) in [6, 6.07) is 38.1. The van der Waals surface area contributed by atoms with Crippen LogP contribution in [-0.2, 0) is 20.4 Å². The second-order valence-electron chi connectivity index (χ2n) is 7.48. The molecule has 0 radical (unpaired) electrons. The van der Waals surface area contributed by atoms with Crippen LogP contribution in [0, 0.1) is 6.07 Å². The van der Waals surface area contributed by atoms with Crippen LogP contribution in [0.2, 0.25) is 0 Å². The fourth-order valence-corrected chi connectivity index (χ4v) is 6.28. The summed E-state index contributed by atoms with van der Waals surface area (Å²) in [5.74, 6) is 0. The van der Waals surface area contributed by atoms with Gasteiger partial charge in [-0.05, 0) is 44.5 Å². The van der Waals surface area contributed by atoms with E-state index >= 15 is 0 Å². The largest absolute Gasteiger partial charge is 0.393 e. The van der Waals surface area contributed by atoms with Gasteiger partial charge in [-0.1, -0.05) is 54.6 Å². The number of aliphatic hydroxyl groups is 2. The topological polar surface area (TPSA) is 40.5 Å². The number of benzene rings is 4. The maximum Gasteiger partial charge on any atom is 0.0935 e. The summed E-state index contributed by atoms with van der Waals surface area (Å²) in [5.41, 5.74) is 0. The molecule has 4 heteroatoms. The van der Waals surface area contributed by atoms with Crippen molar-refractivity contribution >= 4 is 34.6 Å². The Labute approximate surface area is 200 Å². The van der Waals surface area contributed by atoms with E-state index in [0.29, 0.717) is 6.42 Å². The molecule has 2 N–H and O–H groups in total. The van der Waals surface area contributed by atoms with Gasteiger partial charge in [0.25, 0.3) is 0 Å². The van der Waals surface area contributed by atoms with E-state index in [1.165, 1.54) is 26.7 Å². The third-order valence-electron chi connectivity index (χ3n) is 4.77.